The molecule has 5 nitrogen and oxygen atoms in total. The van der Waals surface area contributed by atoms with Crippen LogP contribution in [0.15, 0.2) is 29.7 Å². The average molecular weight is 346 g/mol. The number of aromatic nitrogens is 4. The van der Waals surface area contributed by atoms with E-state index in [1.165, 1.54) is 18.4 Å². The molecule has 0 bridgehead atoms. The van der Waals surface area contributed by atoms with Crippen LogP contribution in [0.2, 0.25) is 0 Å². The summed E-state index contributed by atoms with van der Waals surface area (Å²) < 4.78 is 2.34. The van der Waals surface area contributed by atoms with Gasteiger partial charge in [0.1, 0.15) is 5.82 Å². The van der Waals surface area contributed by atoms with Crippen LogP contribution in [-0.2, 0) is 6.54 Å². The van der Waals surface area contributed by atoms with Crippen LogP contribution in [0.25, 0.3) is 0 Å². The highest BCUT2D eigenvalue weighted by Crippen LogP contribution is 2.31. The van der Waals surface area contributed by atoms with Crippen LogP contribution < -0.4 is 0 Å². The van der Waals surface area contributed by atoms with E-state index in [9.17, 15) is 0 Å². The molecule has 6 heteroatoms. The molecule has 0 radical (unpaired) electrons. The zero-order valence-corrected chi connectivity index (χ0v) is 15.7. The van der Waals surface area contributed by atoms with Crippen LogP contribution in [0.5, 0.6) is 0 Å². The SMILES string of the molecule is CCSc1nnc(C2CCCN(Cc3cccnc3)C2)n1C(C)C. The van der Waals surface area contributed by atoms with E-state index in [0.29, 0.717) is 12.0 Å². The van der Waals surface area contributed by atoms with Gasteiger partial charge in [0.2, 0.25) is 0 Å². The predicted molar refractivity (Wildman–Crippen MR) is 98.3 cm³/mol. The van der Waals surface area contributed by atoms with Gasteiger partial charge in [0.05, 0.1) is 0 Å². The number of hydrogen-bond acceptors (Lipinski definition) is 5. The number of thioether (sulfide) groups is 1. The summed E-state index contributed by atoms with van der Waals surface area (Å²) in [5, 5.41) is 10.1. The van der Waals surface area contributed by atoms with Crippen molar-refractivity contribution in [3.05, 3.63) is 35.9 Å². The molecule has 130 valence electrons. The van der Waals surface area contributed by atoms with Crippen LogP contribution in [0, 0.1) is 0 Å². The zero-order chi connectivity index (χ0) is 16.9. The maximum atomic E-state index is 4.57. The Morgan fingerprint density at radius 1 is 1.33 bits per heavy atom. The summed E-state index contributed by atoms with van der Waals surface area (Å²) in [6.07, 6.45) is 6.22. The number of pyridine rings is 1. The van der Waals surface area contributed by atoms with Gasteiger partial charge in [-0.3, -0.25) is 9.88 Å². The predicted octanol–water partition coefficient (Wildman–Crippen LogP) is 3.75. The van der Waals surface area contributed by atoms with Crippen molar-refractivity contribution in [1.29, 1.82) is 0 Å². The Hall–Kier alpha value is -1.40. The van der Waals surface area contributed by atoms with Crippen molar-refractivity contribution in [3.8, 4) is 0 Å². The van der Waals surface area contributed by atoms with E-state index in [1.807, 2.05) is 18.5 Å². The number of hydrogen-bond donors (Lipinski definition) is 0. The van der Waals surface area contributed by atoms with Crippen molar-refractivity contribution in [2.24, 2.45) is 0 Å². The van der Waals surface area contributed by atoms with Gasteiger partial charge in [-0.25, -0.2) is 0 Å². The second-order valence-corrected chi connectivity index (χ2v) is 7.90. The van der Waals surface area contributed by atoms with Gasteiger partial charge in [0.15, 0.2) is 5.16 Å². The van der Waals surface area contributed by atoms with Crippen LogP contribution in [0.3, 0.4) is 0 Å². The van der Waals surface area contributed by atoms with E-state index in [4.69, 9.17) is 0 Å². The van der Waals surface area contributed by atoms with Gasteiger partial charge in [-0.15, -0.1) is 10.2 Å². The third-order valence-corrected chi connectivity index (χ3v) is 5.31. The summed E-state index contributed by atoms with van der Waals surface area (Å²) in [6.45, 7) is 9.79. The van der Waals surface area contributed by atoms with Crippen molar-refractivity contribution in [2.75, 3.05) is 18.8 Å². The van der Waals surface area contributed by atoms with E-state index in [2.05, 4.69) is 51.5 Å². The summed E-state index contributed by atoms with van der Waals surface area (Å²) in [5.41, 5.74) is 1.28. The van der Waals surface area contributed by atoms with E-state index in [-0.39, 0.29) is 0 Å². The highest BCUT2D eigenvalue weighted by atomic mass is 32.2. The molecule has 0 spiro atoms. The highest BCUT2D eigenvalue weighted by Gasteiger charge is 2.27. The van der Waals surface area contributed by atoms with Gasteiger partial charge in [0, 0.05) is 37.4 Å². The molecule has 1 unspecified atom stereocenters. The summed E-state index contributed by atoms with van der Waals surface area (Å²) in [7, 11) is 0. The highest BCUT2D eigenvalue weighted by molar-refractivity contribution is 7.99. The number of piperidine rings is 1. The van der Waals surface area contributed by atoms with Crippen molar-refractivity contribution in [3.63, 3.8) is 0 Å². The molecule has 2 aromatic rings. The summed E-state index contributed by atoms with van der Waals surface area (Å²) in [6, 6.07) is 4.57. The van der Waals surface area contributed by atoms with Crippen molar-refractivity contribution in [2.45, 2.75) is 57.3 Å². The Morgan fingerprint density at radius 2 is 2.21 bits per heavy atom. The van der Waals surface area contributed by atoms with Crippen molar-refractivity contribution >= 4 is 11.8 Å². The maximum absolute atomic E-state index is 4.57. The summed E-state index contributed by atoms with van der Waals surface area (Å²) in [4.78, 5) is 6.76. The molecule has 0 aliphatic carbocycles. The largest absolute Gasteiger partial charge is 0.303 e. The van der Waals surface area contributed by atoms with Gasteiger partial charge in [0.25, 0.3) is 0 Å². The van der Waals surface area contributed by atoms with E-state index in [1.54, 1.807) is 11.8 Å². The monoisotopic (exact) mass is 345 g/mol. The van der Waals surface area contributed by atoms with E-state index < -0.39 is 0 Å². The Balaban J connectivity index is 1.75. The average Bonchev–Trinajstić information content (AvgIpc) is 3.00. The fraction of sp³-hybridized carbons (Fsp3) is 0.611. The zero-order valence-electron chi connectivity index (χ0n) is 14.9. The molecular weight excluding hydrogens is 318 g/mol. The minimum absolute atomic E-state index is 0.401. The molecule has 1 saturated heterocycles. The van der Waals surface area contributed by atoms with Gasteiger partial charge in [-0.2, -0.15) is 0 Å². The first-order chi connectivity index (χ1) is 11.7. The lowest BCUT2D eigenvalue weighted by Gasteiger charge is -2.32. The fourth-order valence-electron chi connectivity index (χ4n) is 3.44. The van der Waals surface area contributed by atoms with Gasteiger partial charge < -0.3 is 4.57 Å². The molecule has 0 saturated carbocycles. The summed E-state index contributed by atoms with van der Waals surface area (Å²) >= 11 is 1.79. The first-order valence-corrected chi connectivity index (χ1v) is 9.86. The number of nitrogens with zero attached hydrogens (tertiary/aromatic N) is 5. The quantitative estimate of drug-likeness (QED) is 0.746. The first kappa shape index (κ1) is 17.4. The molecule has 1 atom stereocenters. The molecule has 1 fully saturated rings. The van der Waals surface area contributed by atoms with Crippen LogP contribution in [0.1, 0.15) is 57.0 Å². The molecule has 0 amide bonds. The third kappa shape index (κ3) is 3.98. The molecular formula is C18H27N5S. The Bertz CT molecular complexity index is 640. The van der Waals surface area contributed by atoms with Crippen LogP contribution in [-0.4, -0.2) is 43.5 Å². The molecule has 3 rings (SSSR count). The Labute approximate surface area is 148 Å². The normalized spacial score (nSPS) is 19.1. The standard InChI is InChI=1S/C18H27N5S/c1-4-24-18-21-20-17(23(18)14(2)3)16-8-6-10-22(13-16)12-15-7-5-9-19-11-15/h5,7,9,11,14,16H,4,6,8,10,12-13H2,1-3H3. The van der Waals surface area contributed by atoms with Crippen LogP contribution >= 0.6 is 11.8 Å². The fourth-order valence-corrected chi connectivity index (χ4v) is 4.24. The molecule has 0 aromatic carbocycles. The molecule has 1 aliphatic heterocycles. The lowest BCUT2D eigenvalue weighted by molar-refractivity contribution is 0.193. The van der Waals surface area contributed by atoms with Gasteiger partial charge >= 0.3 is 0 Å². The summed E-state index contributed by atoms with van der Waals surface area (Å²) in [5.74, 6) is 2.66. The maximum Gasteiger partial charge on any atom is 0.191 e. The number of likely N-dealkylation sites (tertiary alicyclic amines) is 1. The minimum Gasteiger partial charge on any atom is -0.303 e. The lowest BCUT2D eigenvalue weighted by Crippen LogP contribution is -2.35. The molecule has 1 aliphatic rings. The Morgan fingerprint density at radius 3 is 2.92 bits per heavy atom. The number of rotatable bonds is 6. The van der Waals surface area contributed by atoms with Gasteiger partial charge in [-0.05, 0) is 50.6 Å². The van der Waals surface area contributed by atoms with E-state index >= 15 is 0 Å². The second kappa shape index (κ2) is 8.12. The smallest absolute Gasteiger partial charge is 0.191 e. The molecule has 2 aromatic heterocycles. The third-order valence-electron chi connectivity index (χ3n) is 4.48. The van der Waals surface area contributed by atoms with Crippen molar-refractivity contribution < 1.29 is 0 Å². The Kier molecular flexibility index (Phi) is 5.89. The molecule has 0 N–H and O–H groups in total. The lowest BCUT2D eigenvalue weighted by atomic mass is 9.96. The first-order valence-electron chi connectivity index (χ1n) is 8.88. The molecule has 24 heavy (non-hydrogen) atoms. The van der Waals surface area contributed by atoms with Crippen LogP contribution in [0.4, 0.5) is 0 Å². The second-order valence-electron chi connectivity index (χ2n) is 6.67. The topological polar surface area (TPSA) is 46.8 Å². The molecule has 3 heterocycles. The minimum atomic E-state index is 0.401. The van der Waals surface area contributed by atoms with Gasteiger partial charge in [-0.1, -0.05) is 24.8 Å². The van der Waals surface area contributed by atoms with E-state index in [0.717, 1.165) is 36.4 Å². The van der Waals surface area contributed by atoms with Crippen molar-refractivity contribution in [1.82, 2.24) is 24.6 Å².